The average Bonchev–Trinajstić information content (AvgIpc) is 2.04. The highest BCUT2D eigenvalue weighted by Crippen LogP contribution is 1.99. The van der Waals surface area contributed by atoms with Crippen LogP contribution in [0.15, 0.2) is 30.3 Å². The Morgan fingerprint density at radius 3 is 2.45 bits per heavy atom. The van der Waals surface area contributed by atoms with Gasteiger partial charge in [-0.2, -0.15) is 12.6 Å². The van der Waals surface area contributed by atoms with Gasteiger partial charge in [0.2, 0.25) is 0 Å². The van der Waals surface area contributed by atoms with Gasteiger partial charge in [0.25, 0.3) is 0 Å². The minimum Gasteiger partial charge on any atom is -0.175 e. The molecule has 0 aliphatic heterocycles. The minimum absolute atomic E-state index is 0.768. The van der Waals surface area contributed by atoms with E-state index in [0.29, 0.717) is 0 Å². The molecule has 1 aromatic carbocycles. The third-order valence-electron chi connectivity index (χ3n) is 1.35. The predicted octanol–water partition coefficient (Wildman–Crippen LogP) is 1.42. The molecule has 0 N–H and O–H groups in total. The molecule has 2 heteroatoms. The topological polar surface area (TPSA) is 0 Å². The van der Waals surface area contributed by atoms with Crippen LogP contribution < -0.4 is 5.46 Å². The van der Waals surface area contributed by atoms with E-state index < -0.39 is 0 Å². The van der Waals surface area contributed by atoms with Crippen molar-refractivity contribution in [2.24, 2.45) is 0 Å². The van der Waals surface area contributed by atoms with Crippen molar-refractivity contribution in [1.29, 1.82) is 0 Å². The van der Waals surface area contributed by atoms with E-state index in [4.69, 9.17) is 7.85 Å². The monoisotopic (exact) mass is 160 g/mol. The summed E-state index contributed by atoms with van der Waals surface area (Å²) < 4.78 is 0. The Labute approximate surface area is 74.1 Å². The molecule has 0 aliphatic carbocycles. The Balaban J connectivity index is 2.73. The van der Waals surface area contributed by atoms with E-state index in [2.05, 4.69) is 12.6 Å². The van der Waals surface area contributed by atoms with Crippen LogP contribution in [0.1, 0.15) is 5.56 Å². The van der Waals surface area contributed by atoms with E-state index in [-0.39, 0.29) is 0 Å². The van der Waals surface area contributed by atoms with Crippen molar-refractivity contribution >= 4 is 32.0 Å². The van der Waals surface area contributed by atoms with Gasteiger partial charge in [0.15, 0.2) is 0 Å². The lowest BCUT2D eigenvalue weighted by molar-refractivity contribution is 1.69. The van der Waals surface area contributed by atoms with E-state index in [1.54, 1.807) is 0 Å². The smallest absolute Gasteiger partial charge is 0.113 e. The van der Waals surface area contributed by atoms with Crippen LogP contribution >= 0.6 is 12.6 Å². The molecular formula is C9H9BS. The molecule has 0 bridgehead atoms. The second-order valence-corrected chi connectivity index (χ2v) is 2.62. The molecule has 0 fully saturated rings. The lowest BCUT2D eigenvalue weighted by Gasteiger charge is -1.93. The van der Waals surface area contributed by atoms with Crippen LogP contribution in [-0.4, -0.2) is 13.6 Å². The average molecular weight is 160 g/mol. The fourth-order valence-electron chi connectivity index (χ4n) is 0.796. The molecule has 0 amide bonds. The van der Waals surface area contributed by atoms with Gasteiger partial charge in [-0.25, -0.2) is 0 Å². The van der Waals surface area contributed by atoms with Crippen LogP contribution in [0.4, 0.5) is 0 Å². The quantitative estimate of drug-likeness (QED) is 0.491. The Morgan fingerprint density at radius 1 is 1.27 bits per heavy atom. The predicted molar refractivity (Wildman–Crippen MR) is 54.7 cm³/mol. The molecule has 54 valence electrons. The second-order valence-electron chi connectivity index (χ2n) is 2.25. The number of benzene rings is 1. The van der Waals surface area contributed by atoms with Crippen molar-refractivity contribution in [1.82, 2.24) is 0 Å². The number of hydrogen-bond donors (Lipinski definition) is 1. The molecule has 0 aliphatic rings. The van der Waals surface area contributed by atoms with Crippen LogP contribution in [0.2, 0.25) is 0 Å². The van der Waals surface area contributed by atoms with Crippen LogP contribution in [0.3, 0.4) is 0 Å². The summed E-state index contributed by atoms with van der Waals surface area (Å²) in [4.78, 5) is 0. The molecular weight excluding hydrogens is 151 g/mol. The zero-order chi connectivity index (χ0) is 8.10. The zero-order valence-corrected chi connectivity index (χ0v) is 7.09. The van der Waals surface area contributed by atoms with E-state index in [1.807, 2.05) is 36.4 Å². The van der Waals surface area contributed by atoms with E-state index in [1.165, 1.54) is 0 Å². The van der Waals surface area contributed by atoms with Gasteiger partial charge in [-0.15, -0.1) is 0 Å². The number of rotatable bonds is 2. The third-order valence-corrected chi connectivity index (χ3v) is 1.56. The summed E-state index contributed by atoms with van der Waals surface area (Å²) in [6.07, 6.45) is 4.01. The van der Waals surface area contributed by atoms with Crippen molar-refractivity contribution in [3.63, 3.8) is 0 Å². The Bertz CT molecular complexity index is 238. The van der Waals surface area contributed by atoms with Crippen LogP contribution in [0.25, 0.3) is 6.08 Å². The van der Waals surface area contributed by atoms with Gasteiger partial charge >= 0.3 is 0 Å². The Hall–Kier alpha value is -0.625. The fraction of sp³-hybridized carbons (Fsp3) is 0.111. The first-order valence-electron chi connectivity index (χ1n) is 3.46. The van der Waals surface area contributed by atoms with Crippen molar-refractivity contribution < 1.29 is 0 Å². The van der Waals surface area contributed by atoms with Gasteiger partial charge in [-0.1, -0.05) is 41.9 Å². The van der Waals surface area contributed by atoms with Crippen molar-refractivity contribution in [3.05, 3.63) is 35.9 Å². The molecule has 0 atom stereocenters. The highest BCUT2D eigenvalue weighted by Gasteiger charge is 1.83. The first-order chi connectivity index (χ1) is 5.33. The van der Waals surface area contributed by atoms with Gasteiger partial charge in [-0.3, -0.25) is 0 Å². The van der Waals surface area contributed by atoms with Crippen molar-refractivity contribution in [2.75, 3.05) is 5.75 Å². The third kappa shape index (κ3) is 2.85. The van der Waals surface area contributed by atoms with Crippen molar-refractivity contribution in [2.45, 2.75) is 0 Å². The van der Waals surface area contributed by atoms with Gasteiger partial charge in [0.1, 0.15) is 7.85 Å². The first kappa shape index (κ1) is 8.47. The number of thiol groups is 1. The Morgan fingerprint density at radius 2 is 1.91 bits per heavy atom. The molecule has 1 aromatic rings. The molecule has 0 unspecified atom stereocenters. The summed E-state index contributed by atoms with van der Waals surface area (Å²) >= 11 is 4.06. The molecule has 1 rings (SSSR count). The van der Waals surface area contributed by atoms with E-state index in [0.717, 1.165) is 16.8 Å². The second kappa shape index (κ2) is 4.29. The molecule has 0 nitrogen and oxygen atoms in total. The molecule has 0 aromatic heterocycles. The minimum atomic E-state index is 0.768. The van der Waals surface area contributed by atoms with Crippen LogP contribution in [0.5, 0.6) is 0 Å². The highest BCUT2D eigenvalue weighted by atomic mass is 32.1. The van der Waals surface area contributed by atoms with Crippen molar-refractivity contribution in [3.8, 4) is 0 Å². The zero-order valence-electron chi connectivity index (χ0n) is 6.20. The molecule has 11 heavy (non-hydrogen) atoms. The fourth-order valence-corrected chi connectivity index (χ4v) is 0.901. The van der Waals surface area contributed by atoms with Crippen LogP contribution in [-0.2, 0) is 0 Å². The molecule has 0 heterocycles. The maximum Gasteiger partial charge on any atom is 0.113 e. The number of hydrogen-bond acceptors (Lipinski definition) is 1. The van der Waals surface area contributed by atoms with Gasteiger partial charge in [-0.05, 0) is 5.56 Å². The lowest BCUT2D eigenvalue weighted by Crippen LogP contribution is -1.98. The van der Waals surface area contributed by atoms with Gasteiger partial charge < -0.3 is 0 Å². The standard InChI is InChI=1S/C9H9BS/c10-9-5-3-8(4-6-9)2-1-7-11/h1-6,11H,7H2/b2-1+. The summed E-state index contributed by atoms with van der Waals surface area (Å²) in [5.41, 5.74) is 1.96. The highest BCUT2D eigenvalue weighted by molar-refractivity contribution is 7.80. The van der Waals surface area contributed by atoms with Gasteiger partial charge in [0, 0.05) is 5.75 Å². The van der Waals surface area contributed by atoms with Gasteiger partial charge in [0.05, 0.1) is 0 Å². The molecule has 2 radical (unpaired) electrons. The summed E-state index contributed by atoms with van der Waals surface area (Å²) in [6.45, 7) is 0. The summed E-state index contributed by atoms with van der Waals surface area (Å²) in [7, 11) is 5.52. The van der Waals surface area contributed by atoms with Crippen LogP contribution in [0, 0.1) is 0 Å². The maximum atomic E-state index is 5.52. The maximum absolute atomic E-state index is 5.52. The summed E-state index contributed by atoms with van der Waals surface area (Å²) in [5.74, 6) is 0.768. The normalized spacial score (nSPS) is 10.6. The Kier molecular flexibility index (Phi) is 3.31. The van der Waals surface area contributed by atoms with E-state index in [9.17, 15) is 0 Å². The molecule has 0 spiro atoms. The molecule has 0 saturated heterocycles. The largest absolute Gasteiger partial charge is 0.175 e. The SMILES string of the molecule is [B]c1ccc(/C=C/CS)cc1. The lowest BCUT2D eigenvalue weighted by atomic mass is 9.95. The van der Waals surface area contributed by atoms with E-state index >= 15 is 0 Å². The summed E-state index contributed by atoms with van der Waals surface area (Å²) in [6, 6.07) is 7.74. The summed E-state index contributed by atoms with van der Waals surface area (Å²) in [5, 5.41) is 0. The first-order valence-corrected chi connectivity index (χ1v) is 4.09. The molecule has 0 saturated carbocycles.